The molecule has 1 aliphatic carbocycles. The van der Waals surface area contributed by atoms with Crippen molar-refractivity contribution in [2.24, 2.45) is 5.92 Å². The molecule has 0 aromatic heterocycles. The van der Waals surface area contributed by atoms with Crippen molar-refractivity contribution in [2.45, 2.75) is 44.7 Å². The van der Waals surface area contributed by atoms with Crippen LogP contribution in [0.5, 0.6) is 0 Å². The van der Waals surface area contributed by atoms with Gasteiger partial charge in [0.1, 0.15) is 0 Å². The maximum absolute atomic E-state index is 6.36. The van der Waals surface area contributed by atoms with Crippen molar-refractivity contribution in [1.29, 1.82) is 0 Å². The second kappa shape index (κ2) is 7.32. The van der Waals surface area contributed by atoms with Crippen LogP contribution in [-0.2, 0) is 6.54 Å². The Morgan fingerprint density at radius 1 is 1.10 bits per heavy atom. The van der Waals surface area contributed by atoms with Crippen LogP contribution in [0, 0.1) is 5.92 Å². The molecule has 0 bridgehead atoms. The molecule has 3 rings (SSSR count). The molecule has 1 heterocycles. The highest BCUT2D eigenvalue weighted by atomic mass is 35.5. The molecule has 0 amide bonds. The summed E-state index contributed by atoms with van der Waals surface area (Å²) in [4.78, 5) is 2.60. The van der Waals surface area contributed by atoms with Gasteiger partial charge in [-0.2, -0.15) is 0 Å². The summed E-state index contributed by atoms with van der Waals surface area (Å²) in [5, 5.41) is 5.16. The number of halogens is 2. The molecule has 1 saturated heterocycles. The van der Waals surface area contributed by atoms with Crippen LogP contribution in [0.4, 0.5) is 0 Å². The third-order valence-corrected chi connectivity index (χ3v) is 5.72. The van der Waals surface area contributed by atoms with Crippen molar-refractivity contribution in [3.05, 3.63) is 33.8 Å². The maximum atomic E-state index is 6.36. The maximum Gasteiger partial charge on any atom is 0.0465 e. The van der Waals surface area contributed by atoms with Crippen LogP contribution in [-0.4, -0.2) is 30.6 Å². The number of nitrogens with one attached hydrogen (secondary N) is 1. The smallest absolute Gasteiger partial charge is 0.0465 e. The molecule has 2 fully saturated rings. The fraction of sp³-hybridized carbons (Fsp3) is 0.647. The van der Waals surface area contributed by atoms with Gasteiger partial charge in [0.2, 0.25) is 0 Å². The summed E-state index contributed by atoms with van der Waals surface area (Å²) in [6.07, 6.45) is 6.94. The topological polar surface area (TPSA) is 15.3 Å². The highest BCUT2D eigenvalue weighted by Gasteiger charge is 2.31. The van der Waals surface area contributed by atoms with Gasteiger partial charge in [0.15, 0.2) is 0 Å². The molecule has 1 aliphatic heterocycles. The van der Waals surface area contributed by atoms with Crippen LogP contribution in [0.3, 0.4) is 0 Å². The minimum atomic E-state index is 0.631. The van der Waals surface area contributed by atoms with Crippen molar-refractivity contribution >= 4 is 23.2 Å². The molecule has 116 valence electrons. The fourth-order valence-corrected chi connectivity index (χ4v) is 4.35. The SMILES string of the molecule is Clc1cccc(Cl)c1CN1CCNCC1C1CCCCC1. The Balaban J connectivity index is 1.74. The summed E-state index contributed by atoms with van der Waals surface area (Å²) in [7, 11) is 0. The van der Waals surface area contributed by atoms with Crippen molar-refractivity contribution in [2.75, 3.05) is 19.6 Å². The van der Waals surface area contributed by atoms with Crippen LogP contribution in [0.15, 0.2) is 18.2 Å². The normalized spacial score (nSPS) is 25.1. The molecule has 4 heteroatoms. The lowest BCUT2D eigenvalue weighted by Gasteiger charge is -2.42. The lowest BCUT2D eigenvalue weighted by atomic mass is 9.82. The van der Waals surface area contributed by atoms with E-state index in [0.717, 1.165) is 47.7 Å². The van der Waals surface area contributed by atoms with Gasteiger partial charge in [-0.05, 0) is 30.9 Å². The van der Waals surface area contributed by atoms with Gasteiger partial charge in [-0.25, -0.2) is 0 Å². The monoisotopic (exact) mass is 326 g/mol. The number of hydrogen-bond donors (Lipinski definition) is 1. The number of nitrogens with zero attached hydrogens (tertiary/aromatic N) is 1. The summed E-state index contributed by atoms with van der Waals surface area (Å²) in [5.41, 5.74) is 1.09. The molecule has 1 N–H and O–H groups in total. The van der Waals surface area contributed by atoms with Crippen LogP contribution < -0.4 is 5.32 Å². The van der Waals surface area contributed by atoms with E-state index in [0.29, 0.717) is 6.04 Å². The Hall–Kier alpha value is -0.280. The number of hydrogen-bond acceptors (Lipinski definition) is 2. The van der Waals surface area contributed by atoms with Crippen molar-refractivity contribution in [3.63, 3.8) is 0 Å². The Morgan fingerprint density at radius 2 is 1.81 bits per heavy atom. The first-order chi connectivity index (χ1) is 10.3. The molecular weight excluding hydrogens is 303 g/mol. The number of piperazine rings is 1. The number of rotatable bonds is 3. The summed E-state index contributed by atoms with van der Waals surface area (Å²) in [5.74, 6) is 0.827. The largest absolute Gasteiger partial charge is 0.314 e. The van der Waals surface area contributed by atoms with Gasteiger partial charge >= 0.3 is 0 Å². The van der Waals surface area contributed by atoms with Gasteiger partial charge in [-0.15, -0.1) is 0 Å². The van der Waals surface area contributed by atoms with E-state index in [1.54, 1.807) is 0 Å². The van der Waals surface area contributed by atoms with E-state index in [9.17, 15) is 0 Å². The summed E-state index contributed by atoms with van der Waals surface area (Å²) in [6.45, 7) is 4.13. The standard InChI is InChI=1S/C17H24Cl2N2/c18-15-7-4-8-16(19)14(15)12-21-10-9-20-11-17(21)13-5-2-1-3-6-13/h4,7-8,13,17,20H,1-3,5-6,9-12H2. The van der Waals surface area contributed by atoms with Gasteiger partial charge in [0.25, 0.3) is 0 Å². The predicted octanol–water partition coefficient (Wildman–Crippen LogP) is 4.35. The van der Waals surface area contributed by atoms with Crippen LogP contribution >= 0.6 is 23.2 Å². The molecule has 2 aliphatic rings. The highest BCUT2D eigenvalue weighted by Crippen LogP contribution is 2.32. The van der Waals surface area contributed by atoms with Gasteiger partial charge in [0.05, 0.1) is 0 Å². The lowest BCUT2D eigenvalue weighted by molar-refractivity contribution is 0.0860. The molecule has 21 heavy (non-hydrogen) atoms. The molecule has 1 atom stereocenters. The Kier molecular flexibility index (Phi) is 5.44. The van der Waals surface area contributed by atoms with E-state index >= 15 is 0 Å². The third-order valence-electron chi connectivity index (χ3n) is 5.02. The minimum absolute atomic E-state index is 0.631. The quantitative estimate of drug-likeness (QED) is 0.888. The number of benzene rings is 1. The average molecular weight is 327 g/mol. The summed E-state index contributed by atoms with van der Waals surface area (Å²) in [6, 6.07) is 6.44. The Morgan fingerprint density at radius 3 is 2.52 bits per heavy atom. The Labute approximate surface area is 137 Å². The minimum Gasteiger partial charge on any atom is -0.314 e. The van der Waals surface area contributed by atoms with Crippen molar-refractivity contribution in [1.82, 2.24) is 10.2 Å². The van der Waals surface area contributed by atoms with Gasteiger partial charge in [-0.1, -0.05) is 48.5 Å². The molecule has 0 spiro atoms. The van der Waals surface area contributed by atoms with Gasteiger partial charge in [-0.3, -0.25) is 4.90 Å². The zero-order valence-corrected chi connectivity index (χ0v) is 14.0. The van der Waals surface area contributed by atoms with E-state index in [1.165, 1.54) is 32.1 Å². The van der Waals surface area contributed by atoms with E-state index in [4.69, 9.17) is 23.2 Å². The molecule has 2 nitrogen and oxygen atoms in total. The van der Waals surface area contributed by atoms with Gasteiger partial charge in [0, 0.05) is 47.8 Å². The first-order valence-corrected chi connectivity index (χ1v) is 8.89. The average Bonchev–Trinajstić information content (AvgIpc) is 2.52. The van der Waals surface area contributed by atoms with E-state index in [1.807, 2.05) is 18.2 Å². The summed E-state index contributed by atoms with van der Waals surface area (Å²) >= 11 is 12.7. The molecular formula is C17H24Cl2N2. The van der Waals surface area contributed by atoms with Crippen LogP contribution in [0.1, 0.15) is 37.7 Å². The van der Waals surface area contributed by atoms with E-state index < -0.39 is 0 Å². The fourth-order valence-electron chi connectivity index (χ4n) is 3.83. The third kappa shape index (κ3) is 3.73. The first kappa shape index (κ1) is 15.6. The van der Waals surface area contributed by atoms with Crippen molar-refractivity contribution < 1.29 is 0 Å². The van der Waals surface area contributed by atoms with Crippen LogP contribution in [0.2, 0.25) is 10.0 Å². The molecule has 1 unspecified atom stereocenters. The molecule has 0 radical (unpaired) electrons. The van der Waals surface area contributed by atoms with Crippen molar-refractivity contribution in [3.8, 4) is 0 Å². The molecule has 1 saturated carbocycles. The second-order valence-corrected chi connectivity index (χ2v) is 7.15. The van der Waals surface area contributed by atoms with E-state index in [2.05, 4.69) is 10.2 Å². The molecule has 1 aromatic rings. The van der Waals surface area contributed by atoms with E-state index in [-0.39, 0.29) is 0 Å². The zero-order chi connectivity index (χ0) is 14.7. The van der Waals surface area contributed by atoms with Gasteiger partial charge < -0.3 is 5.32 Å². The zero-order valence-electron chi connectivity index (χ0n) is 12.5. The molecule has 1 aromatic carbocycles. The Bertz CT molecular complexity index is 452. The first-order valence-electron chi connectivity index (χ1n) is 8.13. The van der Waals surface area contributed by atoms with Crippen LogP contribution in [0.25, 0.3) is 0 Å². The summed E-state index contributed by atoms with van der Waals surface area (Å²) < 4.78 is 0. The lowest BCUT2D eigenvalue weighted by Crippen LogP contribution is -2.54. The predicted molar refractivity (Wildman–Crippen MR) is 90.1 cm³/mol. The highest BCUT2D eigenvalue weighted by molar-refractivity contribution is 6.35. The second-order valence-electron chi connectivity index (χ2n) is 6.34.